The normalized spacial score (nSPS) is 12.4. The lowest BCUT2D eigenvalue weighted by Crippen LogP contribution is -2.24. The van der Waals surface area contributed by atoms with Crippen molar-refractivity contribution < 1.29 is 4.79 Å². The van der Waals surface area contributed by atoms with Gasteiger partial charge in [-0.25, -0.2) is 0 Å². The van der Waals surface area contributed by atoms with Crippen LogP contribution in [-0.4, -0.2) is 5.91 Å². The SMILES string of the molecule is Cc1ccc(C(C)NC(=O)/C=C/c2ccc(Cl)cc2Cl)cc1C. The van der Waals surface area contributed by atoms with Gasteiger partial charge in [0.05, 0.1) is 6.04 Å². The number of amides is 1. The number of carbonyl (C=O) groups is 1. The van der Waals surface area contributed by atoms with E-state index in [1.54, 1.807) is 24.3 Å². The van der Waals surface area contributed by atoms with Crippen molar-refractivity contribution >= 4 is 35.2 Å². The maximum absolute atomic E-state index is 12.1. The monoisotopic (exact) mass is 347 g/mol. The molecule has 1 atom stereocenters. The standard InChI is InChI=1S/C19H19Cl2NO/c1-12-4-5-16(10-13(12)2)14(3)22-19(23)9-7-15-6-8-17(20)11-18(15)21/h4-11,14H,1-3H3,(H,22,23)/b9-7+. The Hall–Kier alpha value is -1.77. The van der Waals surface area contributed by atoms with Crippen molar-refractivity contribution in [2.24, 2.45) is 0 Å². The van der Waals surface area contributed by atoms with Crippen LogP contribution < -0.4 is 5.32 Å². The largest absolute Gasteiger partial charge is 0.346 e. The first-order chi connectivity index (χ1) is 10.9. The van der Waals surface area contributed by atoms with Crippen LogP contribution in [0.2, 0.25) is 10.0 Å². The predicted octanol–water partition coefficient (Wildman–Crippen LogP) is 5.50. The molecule has 1 unspecified atom stereocenters. The second-order valence-corrected chi connectivity index (χ2v) is 6.42. The van der Waals surface area contributed by atoms with Gasteiger partial charge in [0.25, 0.3) is 0 Å². The van der Waals surface area contributed by atoms with Crippen molar-refractivity contribution in [1.82, 2.24) is 5.32 Å². The third-order valence-corrected chi connectivity index (χ3v) is 4.33. The summed E-state index contributed by atoms with van der Waals surface area (Å²) in [5.74, 6) is -0.165. The first-order valence-electron chi connectivity index (χ1n) is 7.37. The van der Waals surface area contributed by atoms with Gasteiger partial charge in [-0.3, -0.25) is 4.79 Å². The van der Waals surface area contributed by atoms with Gasteiger partial charge in [-0.1, -0.05) is 47.5 Å². The Kier molecular flexibility index (Phi) is 5.86. The quantitative estimate of drug-likeness (QED) is 0.726. The smallest absolute Gasteiger partial charge is 0.244 e. The number of nitrogens with one attached hydrogen (secondary N) is 1. The number of hydrogen-bond donors (Lipinski definition) is 1. The summed E-state index contributed by atoms with van der Waals surface area (Å²) in [5, 5.41) is 4.04. The summed E-state index contributed by atoms with van der Waals surface area (Å²) < 4.78 is 0. The summed E-state index contributed by atoms with van der Waals surface area (Å²) in [4.78, 5) is 12.1. The molecule has 4 heteroatoms. The minimum absolute atomic E-state index is 0.0628. The second-order valence-electron chi connectivity index (χ2n) is 5.57. The molecule has 23 heavy (non-hydrogen) atoms. The van der Waals surface area contributed by atoms with Gasteiger partial charge < -0.3 is 5.32 Å². The lowest BCUT2D eigenvalue weighted by molar-refractivity contribution is -0.117. The number of carbonyl (C=O) groups excluding carboxylic acids is 1. The molecule has 2 aromatic rings. The molecule has 2 aromatic carbocycles. The van der Waals surface area contributed by atoms with Gasteiger partial charge in [0, 0.05) is 16.1 Å². The highest BCUT2D eigenvalue weighted by Crippen LogP contribution is 2.22. The molecule has 2 rings (SSSR count). The van der Waals surface area contributed by atoms with E-state index in [1.807, 2.05) is 13.0 Å². The molecule has 0 radical (unpaired) electrons. The topological polar surface area (TPSA) is 29.1 Å². The maximum Gasteiger partial charge on any atom is 0.244 e. The first-order valence-corrected chi connectivity index (χ1v) is 8.13. The van der Waals surface area contributed by atoms with E-state index in [1.165, 1.54) is 17.2 Å². The van der Waals surface area contributed by atoms with Gasteiger partial charge in [0.2, 0.25) is 5.91 Å². The molecule has 0 saturated carbocycles. The molecule has 0 aliphatic carbocycles. The van der Waals surface area contributed by atoms with Crippen molar-refractivity contribution in [2.75, 3.05) is 0 Å². The fraction of sp³-hybridized carbons (Fsp3) is 0.211. The van der Waals surface area contributed by atoms with E-state index in [0.29, 0.717) is 10.0 Å². The number of halogens is 2. The van der Waals surface area contributed by atoms with E-state index in [0.717, 1.165) is 11.1 Å². The molecule has 0 bridgehead atoms. The fourth-order valence-electron chi connectivity index (χ4n) is 2.18. The Morgan fingerprint density at radius 3 is 2.48 bits per heavy atom. The molecule has 0 fully saturated rings. The molecular formula is C19H19Cl2NO. The molecule has 0 heterocycles. The molecule has 0 aliphatic rings. The highest BCUT2D eigenvalue weighted by atomic mass is 35.5. The van der Waals surface area contributed by atoms with Crippen LogP contribution in [0, 0.1) is 13.8 Å². The van der Waals surface area contributed by atoms with Crippen LogP contribution in [0.1, 0.15) is 35.2 Å². The van der Waals surface area contributed by atoms with E-state index < -0.39 is 0 Å². The minimum Gasteiger partial charge on any atom is -0.346 e. The van der Waals surface area contributed by atoms with E-state index in [2.05, 4.69) is 31.3 Å². The summed E-state index contributed by atoms with van der Waals surface area (Å²) >= 11 is 11.9. The van der Waals surface area contributed by atoms with E-state index >= 15 is 0 Å². The second kappa shape index (κ2) is 7.67. The van der Waals surface area contributed by atoms with Crippen LogP contribution >= 0.6 is 23.2 Å². The third-order valence-electron chi connectivity index (χ3n) is 3.77. The molecule has 1 N–H and O–H groups in total. The highest BCUT2D eigenvalue weighted by molar-refractivity contribution is 6.35. The molecule has 2 nitrogen and oxygen atoms in total. The summed E-state index contributed by atoms with van der Waals surface area (Å²) in [5.41, 5.74) is 4.29. The Labute approximate surface area is 147 Å². The summed E-state index contributed by atoms with van der Waals surface area (Å²) in [6, 6.07) is 11.3. The van der Waals surface area contributed by atoms with Crippen LogP contribution in [0.5, 0.6) is 0 Å². The number of benzene rings is 2. The van der Waals surface area contributed by atoms with Crippen LogP contribution in [0.25, 0.3) is 6.08 Å². The van der Waals surface area contributed by atoms with E-state index in [9.17, 15) is 4.79 Å². The summed E-state index contributed by atoms with van der Waals surface area (Å²) in [6.45, 7) is 6.10. The Morgan fingerprint density at radius 2 is 1.83 bits per heavy atom. The molecule has 0 aliphatic heterocycles. The van der Waals surface area contributed by atoms with Gasteiger partial charge in [-0.05, 0) is 61.2 Å². The van der Waals surface area contributed by atoms with Crippen LogP contribution in [-0.2, 0) is 4.79 Å². The van der Waals surface area contributed by atoms with Gasteiger partial charge >= 0.3 is 0 Å². The average molecular weight is 348 g/mol. The summed E-state index contributed by atoms with van der Waals surface area (Å²) in [6.07, 6.45) is 3.16. The van der Waals surface area contributed by atoms with Gasteiger partial charge in [0.15, 0.2) is 0 Å². The van der Waals surface area contributed by atoms with Crippen molar-refractivity contribution in [2.45, 2.75) is 26.8 Å². The Balaban J connectivity index is 2.03. The Bertz CT molecular complexity index is 753. The number of rotatable bonds is 4. The molecule has 120 valence electrons. The van der Waals surface area contributed by atoms with Crippen molar-refractivity contribution in [3.8, 4) is 0 Å². The summed E-state index contributed by atoms with van der Waals surface area (Å²) in [7, 11) is 0. The van der Waals surface area contributed by atoms with Crippen LogP contribution in [0.4, 0.5) is 0 Å². The Morgan fingerprint density at radius 1 is 1.09 bits per heavy atom. The van der Waals surface area contributed by atoms with Crippen LogP contribution in [0.15, 0.2) is 42.5 Å². The van der Waals surface area contributed by atoms with Crippen molar-refractivity contribution in [3.63, 3.8) is 0 Å². The lowest BCUT2D eigenvalue weighted by Gasteiger charge is -2.14. The molecule has 0 saturated heterocycles. The highest BCUT2D eigenvalue weighted by Gasteiger charge is 2.08. The molecule has 0 aromatic heterocycles. The zero-order valence-electron chi connectivity index (χ0n) is 13.4. The first kappa shape index (κ1) is 17.6. The zero-order valence-corrected chi connectivity index (χ0v) is 14.9. The van der Waals surface area contributed by atoms with Gasteiger partial charge in [-0.2, -0.15) is 0 Å². The minimum atomic E-state index is -0.165. The van der Waals surface area contributed by atoms with E-state index in [4.69, 9.17) is 23.2 Å². The maximum atomic E-state index is 12.1. The average Bonchev–Trinajstić information content (AvgIpc) is 2.49. The number of aryl methyl sites for hydroxylation is 2. The van der Waals surface area contributed by atoms with Gasteiger partial charge in [-0.15, -0.1) is 0 Å². The predicted molar refractivity (Wildman–Crippen MR) is 98.0 cm³/mol. The zero-order chi connectivity index (χ0) is 17.0. The third kappa shape index (κ3) is 4.85. The fourth-order valence-corrected chi connectivity index (χ4v) is 2.65. The van der Waals surface area contributed by atoms with Gasteiger partial charge in [0.1, 0.15) is 0 Å². The molecular weight excluding hydrogens is 329 g/mol. The van der Waals surface area contributed by atoms with E-state index in [-0.39, 0.29) is 11.9 Å². The molecule has 0 spiro atoms. The van der Waals surface area contributed by atoms with Crippen molar-refractivity contribution in [3.05, 3.63) is 74.8 Å². The van der Waals surface area contributed by atoms with Crippen molar-refractivity contribution in [1.29, 1.82) is 0 Å². The lowest BCUT2D eigenvalue weighted by atomic mass is 10.0. The van der Waals surface area contributed by atoms with Crippen LogP contribution in [0.3, 0.4) is 0 Å². The number of hydrogen-bond acceptors (Lipinski definition) is 1. The molecule has 1 amide bonds.